The van der Waals surface area contributed by atoms with Crippen LogP contribution in [0, 0.1) is 5.92 Å². The van der Waals surface area contributed by atoms with E-state index in [0.29, 0.717) is 10.6 Å². The highest BCUT2D eigenvalue weighted by Gasteiger charge is 2.44. The second kappa shape index (κ2) is 6.23. The summed E-state index contributed by atoms with van der Waals surface area (Å²) >= 11 is 5.62. The van der Waals surface area contributed by atoms with Crippen LogP contribution in [0.25, 0.3) is 0 Å². The molecule has 0 fully saturated rings. The van der Waals surface area contributed by atoms with Gasteiger partial charge in [-0.25, -0.2) is 17.6 Å². The molecule has 0 saturated carbocycles. The van der Waals surface area contributed by atoms with Crippen LogP contribution in [0.2, 0.25) is 5.02 Å². The number of rotatable bonds is 6. The second-order valence-electron chi connectivity index (χ2n) is 4.13. The monoisotopic (exact) mass is 298 g/mol. The second-order valence-corrected chi connectivity index (χ2v) is 4.57. The molecule has 2 nitrogen and oxygen atoms in total. The summed E-state index contributed by atoms with van der Waals surface area (Å²) < 4.78 is 49.9. The normalized spacial score (nSPS) is 13.6. The van der Waals surface area contributed by atoms with Crippen molar-refractivity contribution in [3.63, 3.8) is 0 Å². The lowest BCUT2D eigenvalue weighted by Gasteiger charge is -2.20. The topological polar surface area (TPSA) is 37.3 Å². The molecule has 1 aromatic carbocycles. The molecular weight excluding hydrogens is 288 g/mol. The quantitative estimate of drug-likeness (QED) is 0.809. The molecule has 0 heterocycles. The van der Waals surface area contributed by atoms with Crippen LogP contribution < -0.4 is 0 Å². The highest BCUT2D eigenvalue weighted by atomic mass is 35.5. The van der Waals surface area contributed by atoms with E-state index in [1.165, 1.54) is 24.3 Å². The number of alkyl halides is 4. The van der Waals surface area contributed by atoms with Crippen LogP contribution in [-0.4, -0.2) is 23.4 Å². The zero-order valence-corrected chi connectivity index (χ0v) is 10.4. The van der Waals surface area contributed by atoms with E-state index in [1.807, 2.05) is 0 Å². The Labute approximate surface area is 112 Å². The van der Waals surface area contributed by atoms with Crippen LogP contribution in [0.15, 0.2) is 24.3 Å². The molecule has 0 bridgehead atoms. The van der Waals surface area contributed by atoms with E-state index in [2.05, 4.69) is 0 Å². The lowest BCUT2D eigenvalue weighted by molar-refractivity contribution is -0.159. The maximum absolute atomic E-state index is 12.9. The Balaban J connectivity index is 2.79. The molecule has 19 heavy (non-hydrogen) atoms. The minimum Gasteiger partial charge on any atom is -0.481 e. The Morgan fingerprint density at radius 2 is 1.79 bits per heavy atom. The Morgan fingerprint density at radius 3 is 2.21 bits per heavy atom. The molecule has 0 amide bonds. The van der Waals surface area contributed by atoms with Crippen molar-refractivity contribution in [2.75, 3.05) is 0 Å². The molecule has 1 unspecified atom stereocenters. The van der Waals surface area contributed by atoms with Gasteiger partial charge in [-0.3, -0.25) is 4.79 Å². The lowest BCUT2D eigenvalue weighted by Crippen LogP contribution is -2.33. The molecule has 0 aliphatic carbocycles. The van der Waals surface area contributed by atoms with Crippen LogP contribution in [0.1, 0.15) is 12.0 Å². The molecule has 0 aromatic heterocycles. The number of halogens is 5. The van der Waals surface area contributed by atoms with E-state index in [0.717, 1.165) is 0 Å². The van der Waals surface area contributed by atoms with Crippen molar-refractivity contribution >= 4 is 17.6 Å². The number of carboxylic acids is 1. The molecule has 1 aromatic rings. The van der Waals surface area contributed by atoms with Gasteiger partial charge in [0.25, 0.3) is 0 Å². The summed E-state index contributed by atoms with van der Waals surface area (Å²) in [4.78, 5) is 10.9. The lowest BCUT2D eigenvalue weighted by atomic mass is 9.93. The number of carboxylic acid groups (broad SMARTS) is 1. The third kappa shape index (κ3) is 4.70. The van der Waals surface area contributed by atoms with E-state index in [9.17, 15) is 22.4 Å². The molecule has 0 aliphatic rings. The molecule has 0 spiro atoms. The SMILES string of the molecule is O=C(O)C(Cc1ccc(Cl)cc1)CC(F)(F)C(F)F. The van der Waals surface area contributed by atoms with Crippen LogP contribution in [-0.2, 0) is 11.2 Å². The summed E-state index contributed by atoms with van der Waals surface area (Å²) in [6, 6.07) is 5.89. The maximum Gasteiger partial charge on any atom is 0.308 e. The van der Waals surface area contributed by atoms with Gasteiger partial charge in [0.05, 0.1) is 5.92 Å². The molecule has 1 rings (SSSR count). The fourth-order valence-electron chi connectivity index (χ4n) is 1.57. The third-order valence-electron chi connectivity index (χ3n) is 2.58. The van der Waals surface area contributed by atoms with Gasteiger partial charge < -0.3 is 5.11 Å². The summed E-state index contributed by atoms with van der Waals surface area (Å²) in [7, 11) is 0. The molecule has 0 aliphatic heterocycles. The predicted molar refractivity (Wildman–Crippen MR) is 61.8 cm³/mol. The van der Waals surface area contributed by atoms with Crippen molar-refractivity contribution in [3.05, 3.63) is 34.9 Å². The van der Waals surface area contributed by atoms with Gasteiger partial charge in [-0.2, -0.15) is 0 Å². The molecule has 1 N–H and O–H groups in total. The third-order valence-corrected chi connectivity index (χ3v) is 2.83. The highest BCUT2D eigenvalue weighted by Crippen LogP contribution is 2.31. The van der Waals surface area contributed by atoms with Gasteiger partial charge in [-0.15, -0.1) is 0 Å². The summed E-state index contributed by atoms with van der Waals surface area (Å²) in [5, 5.41) is 9.24. The molecule has 1 atom stereocenters. The van der Waals surface area contributed by atoms with E-state index < -0.39 is 30.7 Å². The van der Waals surface area contributed by atoms with Gasteiger partial charge in [0.15, 0.2) is 0 Å². The Kier molecular flexibility index (Phi) is 5.17. The molecule has 7 heteroatoms. The van der Waals surface area contributed by atoms with Crippen molar-refractivity contribution in [2.45, 2.75) is 25.2 Å². The average molecular weight is 299 g/mol. The number of hydrogen-bond donors (Lipinski definition) is 1. The van der Waals surface area contributed by atoms with Gasteiger partial charge in [0.2, 0.25) is 0 Å². The standard InChI is InChI=1S/C12H11ClF4O2/c13-9-3-1-7(2-4-9)5-8(10(18)19)6-12(16,17)11(14)15/h1-4,8,11H,5-6H2,(H,18,19). The fourth-order valence-corrected chi connectivity index (χ4v) is 1.70. The van der Waals surface area contributed by atoms with E-state index >= 15 is 0 Å². The number of benzene rings is 1. The minimum absolute atomic E-state index is 0.255. The Morgan fingerprint density at radius 1 is 1.26 bits per heavy atom. The fraction of sp³-hybridized carbons (Fsp3) is 0.417. The van der Waals surface area contributed by atoms with Crippen LogP contribution >= 0.6 is 11.6 Å². The zero-order chi connectivity index (χ0) is 14.6. The highest BCUT2D eigenvalue weighted by molar-refractivity contribution is 6.30. The first kappa shape index (κ1) is 15.8. The van der Waals surface area contributed by atoms with Gasteiger partial charge in [-0.05, 0) is 24.1 Å². The van der Waals surface area contributed by atoms with Gasteiger partial charge in [0.1, 0.15) is 0 Å². The summed E-state index contributed by atoms with van der Waals surface area (Å²) in [5.41, 5.74) is 0.446. The van der Waals surface area contributed by atoms with E-state index in [1.54, 1.807) is 0 Å². The maximum atomic E-state index is 12.9. The van der Waals surface area contributed by atoms with Crippen LogP contribution in [0.4, 0.5) is 17.6 Å². The predicted octanol–water partition coefficient (Wildman–Crippen LogP) is 3.87. The number of hydrogen-bond acceptors (Lipinski definition) is 1. The number of carbonyl (C=O) groups is 1. The molecule has 0 saturated heterocycles. The first-order valence-electron chi connectivity index (χ1n) is 5.35. The van der Waals surface area contributed by atoms with Crippen LogP contribution in [0.5, 0.6) is 0 Å². The summed E-state index contributed by atoms with van der Waals surface area (Å²) in [5.74, 6) is -7.42. The van der Waals surface area contributed by atoms with E-state index in [4.69, 9.17) is 16.7 Å². The zero-order valence-electron chi connectivity index (χ0n) is 9.62. The summed E-state index contributed by atoms with van der Waals surface area (Å²) in [6.07, 6.45) is -5.53. The number of aliphatic carboxylic acids is 1. The van der Waals surface area contributed by atoms with E-state index in [-0.39, 0.29) is 6.42 Å². The Bertz CT molecular complexity index is 434. The minimum atomic E-state index is -4.31. The molecule has 0 radical (unpaired) electrons. The van der Waals surface area contributed by atoms with Crippen molar-refractivity contribution in [2.24, 2.45) is 5.92 Å². The first-order chi connectivity index (χ1) is 8.72. The van der Waals surface area contributed by atoms with Crippen molar-refractivity contribution in [1.82, 2.24) is 0 Å². The average Bonchev–Trinajstić information content (AvgIpc) is 2.30. The molecular formula is C12H11ClF4O2. The van der Waals surface area contributed by atoms with Crippen molar-refractivity contribution in [1.29, 1.82) is 0 Å². The van der Waals surface area contributed by atoms with Gasteiger partial charge in [0, 0.05) is 11.4 Å². The van der Waals surface area contributed by atoms with Crippen molar-refractivity contribution < 1.29 is 27.5 Å². The van der Waals surface area contributed by atoms with Crippen molar-refractivity contribution in [3.8, 4) is 0 Å². The Hall–Kier alpha value is -1.30. The van der Waals surface area contributed by atoms with Gasteiger partial charge in [-0.1, -0.05) is 23.7 Å². The molecule has 106 valence electrons. The van der Waals surface area contributed by atoms with Crippen LogP contribution in [0.3, 0.4) is 0 Å². The largest absolute Gasteiger partial charge is 0.481 e. The smallest absolute Gasteiger partial charge is 0.308 e. The summed E-state index contributed by atoms with van der Waals surface area (Å²) in [6.45, 7) is 0. The van der Waals surface area contributed by atoms with Gasteiger partial charge >= 0.3 is 18.3 Å². The first-order valence-corrected chi connectivity index (χ1v) is 5.73.